The summed E-state index contributed by atoms with van der Waals surface area (Å²) in [6.45, 7) is 17.6. The first-order valence-electron chi connectivity index (χ1n) is 28.5. The molecule has 0 aliphatic carbocycles. The average molecular weight is 1160 g/mol. The van der Waals surface area contributed by atoms with Gasteiger partial charge >= 0.3 is 0 Å². The van der Waals surface area contributed by atoms with Crippen molar-refractivity contribution in [1.29, 1.82) is 0 Å². The van der Waals surface area contributed by atoms with Gasteiger partial charge in [0.05, 0.1) is 35.7 Å². The molecule has 4 saturated heterocycles. The summed E-state index contributed by atoms with van der Waals surface area (Å²) in [6, 6.07) is 18.7. The van der Waals surface area contributed by atoms with Crippen molar-refractivity contribution in [3.8, 4) is 22.5 Å². The Balaban J connectivity index is 0.724. The summed E-state index contributed by atoms with van der Waals surface area (Å²) in [6.07, 6.45) is -1.02. The van der Waals surface area contributed by atoms with Crippen molar-refractivity contribution in [3.05, 3.63) is 107 Å². The molecule has 4 aliphatic rings. The molecule has 4 aromatic heterocycles. The zero-order valence-corrected chi connectivity index (χ0v) is 48.1. The molecule has 8 aromatic rings. The molecule has 0 saturated carbocycles. The number of aliphatic hydroxyl groups is 2. The largest absolute Gasteiger partial charge is 0.390 e. The molecular weight excluding hydrogens is 1090 g/mol. The van der Waals surface area contributed by atoms with Gasteiger partial charge in [0.15, 0.2) is 27.7 Å². The van der Waals surface area contributed by atoms with Crippen LogP contribution in [0.15, 0.2) is 83.6 Å². The van der Waals surface area contributed by atoms with E-state index in [1.54, 1.807) is 36.4 Å². The average Bonchev–Trinajstić information content (AvgIpc) is 3.31. The van der Waals surface area contributed by atoms with E-state index in [4.69, 9.17) is 20.2 Å². The molecule has 2 N–H and O–H groups in total. The third-order valence-electron chi connectivity index (χ3n) is 16.6. The van der Waals surface area contributed by atoms with Gasteiger partial charge in [0.1, 0.15) is 34.3 Å². The van der Waals surface area contributed by atoms with Crippen LogP contribution in [0.5, 0.6) is 0 Å². The minimum atomic E-state index is -0.512. The number of likely N-dealkylation sites (tertiary alicyclic amines) is 2. The molecule has 0 spiro atoms. The standard InChI is InChI=1S/C59H68F4N14O3S2/c1-5-74(58-64-49(35-81-58)37-9-13-39(60)14-10-37)56-45-25-41(27-47(62)53(45)66-76(56)7-3)70-21-17-68(18-22-70)33-51(72-29-43(78)30-72)55(80)52(73-31-44(79)32-73)34-69-19-23-71(24-20-69)42-26-46-54(48(63)28-42)67-77(8-4)57(46)75(6-2)59-65-50(36-82-59)38-11-15-40(61)16-12-38/h9-16,25-28,35-36,43-44,51-52,78-79H,5-8,17-24,29-34H2,1-4H3. The maximum Gasteiger partial charge on any atom is 0.191 e. The second-order valence-corrected chi connectivity index (χ2v) is 23.4. The lowest BCUT2D eigenvalue weighted by Gasteiger charge is -2.49. The Hall–Kier alpha value is -6.57. The van der Waals surface area contributed by atoms with Crippen LogP contribution in [0.4, 0.5) is 50.8 Å². The lowest BCUT2D eigenvalue weighted by Crippen LogP contribution is -2.68. The number of anilines is 6. The van der Waals surface area contributed by atoms with Crippen LogP contribution in [-0.4, -0.2) is 194 Å². The van der Waals surface area contributed by atoms with Crippen molar-refractivity contribution >= 4 is 83.5 Å². The number of rotatable bonds is 20. The van der Waals surface area contributed by atoms with Crippen LogP contribution < -0.4 is 19.6 Å². The molecule has 2 atom stereocenters. The van der Waals surface area contributed by atoms with Crippen LogP contribution in [-0.2, 0) is 17.9 Å². The number of carbonyl (C=O) groups excluding carboxylic acids is 1. The van der Waals surface area contributed by atoms with Gasteiger partial charge in [-0.1, -0.05) is 0 Å². The molecule has 0 amide bonds. The topological polar surface area (TPSA) is 145 Å². The Labute approximate surface area is 481 Å². The van der Waals surface area contributed by atoms with Crippen LogP contribution >= 0.6 is 22.7 Å². The molecule has 4 aliphatic heterocycles. The summed E-state index contributed by atoms with van der Waals surface area (Å²) in [5, 5.41) is 37.3. The molecule has 0 radical (unpaired) electrons. The molecule has 23 heteroatoms. The molecule has 2 unspecified atom stereocenters. The van der Waals surface area contributed by atoms with Gasteiger partial charge in [-0.2, -0.15) is 10.2 Å². The number of ketones is 1. The Morgan fingerprint density at radius 1 is 0.573 bits per heavy atom. The quantitative estimate of drug-likeness (QED) is 0.0708. The highest BCUT2D eigenvalue weighted by Gasteiger charge is 2.44. The van der Waals surface area contributed by atoms with Gasteiger partial charge in [0, 0.05) is 162 Å². The highest BCUT2D eigenvalue weighted by atomic mass is 32.1. The van der Waals surface area contributed by atoms with E-state index >= 15 is 13.6 Å². The zero-order valence-electron chi connectivity index (χ0n) is 46.5. The second kappa shape index (κ2) is 23.6. The molecule has 4 aromatic carbocycles. The Morgan fingerprint density at radius 3 is 1.29 bits per heavy atom. The number of aliphatic hydroxyl groups excluding tert-OH is 2. The number of hydrogen-bond acceptors (Lipinski definition) is 17. The van der Waals surface area contributed by atoms with Crippen molar-refractivity contribution in [3.63, 3.8) is 0 Å². The fourth-order valence-electron chi connectivity index (χ4n) is 12.1. The number of nitrogens with zero attached hydrogens (tertiary/aromatic N) is 14. The van der Waals surface area contributed by atoms with E-state index < -0.39 is 35.9 Å². The zero-order chi connectivity index (χ0) is 56.9. The van der Waals surface area contributed by atoms with E-state index in [0.29, 0.717) is 129 Å². The number of aromatic nitrogens is 6. The third-order valence-corrected chi connectivity index (χ3v) is 18.4. The molecule has 0 bridgehead atoms. The second-order valence-electron chi connectivity index (χ2n) is 21.7. The molecule has 8 heterocycles. The number of halogens is 4. The Morgan fingerprint density at radius 2 is 0.951 bits per heavy atom. The van der Waals surface area contributed by atoms with E-state index in [9.17, 15) is 19.0 Å². The fourth-order valence-corrected chi connectivity index (χ4v) is 13.9. The highest BCUT2D eigenvalue weighted by molar-refractivity contribution is 7.14. The number of thiazole rings is 2. The van der Waals surface area contributed by atoms with E-state index in [1.807, 2.05) is 60.0 Å². The SMILES string of the molecule is CCN(c1nc(-c2ccc(F)cc2)cs1)c1c2cc(N3CCN(CC(C(=O)C(CN4CCN(c5cc(F)c6nn(CC)c(N(CC)c7nc(-c8ccc(F)cc8)cs7)c6c5)CC4)N4CC(O)C4)N4CC(O)C4)CC3)cc(F)c2nn1CC. The van der Waals surface area contributed by atoms with Gasteiger partial charge in [-0.3, -0.25) is 24.4 Å². The van der Waals surface area contributed by atoms with Gasteiger partial charge in [-0.25, -0.2) is 36.9 Å². The van der Waals surface area contributed by atoms with Crippen LogP contribution in [0.2, 0.25) is 0 Å². The summed E-state index contributed by atoms with van der Waals surface area (Å²) >= 11 is 2.93. The maximum atomic E-state index is 16.3. The van der Waals surface area contributed by atoms with Crippen LogP contribution in [0.3, 0.4) is 0 Å². The summed E-state index contributed by atoms with van der Waals surface area (Å²) in [5.41, 5.74) is 5.12. The normalized spacial score (nSPS) is 17.9. The van der Waals surface area contributed by atoms with Crippen molar-refractivity contribution in [2.24, 2.45) is 0 Å². The highest BCUT2D eigenvalue weighted by Crippen LogP contribution is 2.41. The minimum Gasteiger partial charge on any atom is -0.390 e. The first kappa shape index (κ1) is 55.9. The van der Waals surface area contributed by atoms with Crippen LogP contribution in [0.25, 0.3) is 44.3 Å². The molecule has 4 fully saturated rings. The van der Waals surface area contributed by atoms with Gasteiger partial charge in [-0.05, 0) is 100 Å². The number of hydrogen-bond donors (Lipinski definition) is 2. The lowest BCUT2D eigenvalue weighted by molar-refractivity contribution is -0.141. The van der Waals surface area contributed by atoms with Gasteiger partial charge in [0.2, 0.25) is 0 Å². The summed E-state index contributed by atoms with van der Waals surface area (Å²) in [4.78, 5) is 42.3. The molecular formula is C59H68F4N14O3S2. The third kappa shape index (κ3) is 11.0. The molecule has 12 rings (SSSR count). The lowest BCUT2D eigenvalue weighted by atomic mass is 9.94. The number of β-amino-alcohol motifs (C(OH)–C–C–N with tert-alkyl or cyclic N) is 2. The first-order valence-corrected chi connectivity index (χ1v) is 30.2. The number of aryl methyl sites for hydroxylation is 2. The van der Waals surface area contributed by atoms with Gasteiger partial charge in [0.25, 0.3) is 0 Å². The monoisotopic (exact) mass is 1160 g/mol. The van der Waals surface area contributed by atoms with E-state index in [-0.39, 0.29) is 28.5 Å². The predicted octanol–water partition coefficient (Wildman–Crippen LogP) is 8.15. The number of fused-ring (bicyclic) bond motifs is 2. The number of carbonyl (C=O) groups is 1. The first-order chi connectivity index (χ1) is 39.8. The molecule has 432 valence electrons. The predicted molar refractivity (Wildman–Crippen MR) is 316 cm³/mol. The van der Waals surface area contributed by atoms with Crippen molar-refractivity contribution in [2.75, 3.05) is 124 Å². The van der Waals surface area contributed by atoms with E-state index in [2.05, 4.69) is 39.2 Å². The Bertz CT molecular complexity index is 3320. The maximum absolute atomic E-state index is 16.3. The summed E-state index contributed by atoms with van der Waals surface area (Å²) in [5.74, 6) is 0.119. The minimum absolute atomic E-state index is 0.0700. The fraction of sp³-hybridized carbons (Fsp3) is 0.441. The van der Waals surface area contributed by atoms with E-state index in [1.165, 1.54) is 46.9 Å². The smallest absolute Gasteiger partial charge is 0.191 e. The Kier molecular flexibility index (Phi) is 16.1. The van der Waals surface area contributed by atoms with Crippen LogP contribution in [0.1, 0.15) is 27.7 Å². The van der Waals surface area contributed by atoms with Crippen molar-refractivity contribution < 1.29 is 32.6 Å². The van der Waals surface area contributed by atoms with Crippen molar-refractivity contribution in [1.82, 2.24) is 49.1 Å². The molecule has 82 heavy (non-hydrogen) atoms. The van der Waals surface area contributed by atoms with Crippen LogP contribution in [0, 0.1) is 23.3 Å². The number of benzene rings is 4. The van der Waals surface area contributed by atoms with Gasteiger partial charge in [-0.15, -0.1) is 22.7 Å². The molecule has 17 nitrogen and oxygen atoms in total. The number of Topliss-reactive ketones (excluding diaryl/α,β-unsaturated/α-hetero) is 1. The van der Waals surface area contributed by atoms with Gasteiger partial charge < -0.3 is 29.8 Å². The van der Waals surface area contributed by atoms with Crippen molar-refractivity contribution in [2.45, 2.75) is 65.1 Å². The number of piperazine rings is 2. The summed E-state index contributed by atoms with van der Waals surface area (Å²) < 4.78 is 63.7. The summed E-state index contributed by atoms with van der Waals surface area (Å²) in [7, 11) is 0. The van der Waals surface area contributed by atoms with E-state index in [0.717, 1.165) is 55.8 Å².